The minimum Gasteiger partial charge on any atom is -0.492 e. The average molecular weight is 273 g/mol. The maximum atomic E-state index is 11.8. The zero-order valence-corrected chi connectivity index (χ0v) is 11.2. The van der Waals surface area contributed by atoms with E-state index in [1.807, 2.05) is 6.92 Å². The molecule has 0 saturated heterocycles. The van der Waals surface area contributed by atoms with Gasteiger partial charge in [0.05, 0.1) is 12.3 Å². The third-order valence-electron chi connectivity index (χ3n) is 2.29. The Labute approximate surface area is 111 Å². The van der Waals surface area contributed by atoms with Gasteiger partial charge in [0, 0.05) is 18.7 Å². The van der Waals surface area contributed by atoms with Crippen molar-refractivity contribution in [2.45, 2.75) is 13.0 Å². The van der Waals surface area contributed by atoms with Crippen LogP contribution in [0.4, 0.5) is 5.69 Å². The summed E-state index contributed by atoms with van der Waals surface area (Å²) < 4.78 is 10.3. The first-order valence-corrected chi connectivity index (χ1v) is 5.96. The van der Waals surface area contributed by atoms with Gasteiger partial charge in [-0.15, -0.1) is 0 Å². The molecule has 0 aliphatic heterocycles. The Morgan fingerprint density at radius 3 is 2.83 bits per heavy atom. The number of amides is 1. The molecule has 1 rings (SSSR count). The molecule has 3 N–H and O–H groups in total. The van der Waals surface area contributed by atoms with Crippen LogP contribution in [0.5, 0.6) is 5.75 Å². The maximum absolute atomic E-state index is 11.8. The molecule has 1 unspecified atom stereocenters. The number of benzene rings is 1. The van der Waals surface area contributed by atoms with E-state index in [4.69, 9.17) is 26.8 Å². The second kappa shape index (κ2) is 7.20. The number of halogens is 1. The predicted molar refractivity (Wildman–Crippen MR) is 71.1 cm³/mol. The summed E-state index contributed by atoms with van der Waals surface area (Å²) in [5, 5.41) is 3.19. The van der Waals surface area contributed by atoms with Gasteiger partial charge in [0.1, 0.15) is 11.9 Å². The third-order valence-corrected chi connectivity index (χ3v) is 2.53. The van der Waals surface area contributed by atoms with Crippen molar-refractivity contribution >= 4 is 23.2 Å². The molecule has 0 radical (unpaired) electrons. The van der Waals surface area contributed by atoms with Crippen molar-refractivity contribution in [3.63, 3.8) is 0 Å². The summed E-state index contributed by atoms with van der Waals surface area (Å²) in [6.45, 7) is 2.46. The minimum absolute atomic E-state index is 0.104. The standard InChI is InChI=1S/C12H17ClN2O3/c1-3-18-10-5-4-8(13)6-9(10)15-12(16)11(7-14)17-2/h4-6,11H,3,7,14H2,1-2H3,(H,15,16). The lowest BCUT2D eigenvalue weighted by Crippen LogP contribution is -2.36. The summed E-state index contributed by atoms with van der Waals surface area (Å²) in [5.74, 6) is 0.227. The molecule has 6 heteroatoms. The predicted octanol–water partition coefficient (Wildman–Crippen LogP) is 1.65. The molecule has 0 aliphatic rings. The molecule has 100 valence electrons. The molecule has 1 atom stereocenters. The number of nitrogens with two attached hydrogens (primary N) is 1. The number of ether oxygens (including phenoxy) is 2. The van der Waals surface area contributed by atoms with Crippen molar-refractivity contribution in [2.75, 3.05) is 25.6 Å². The Kier molecular flexibility index (Phi) is 5.91. The van der Waals surface area contributed by atoms with E-state index in [1.54, 1.807) is 18.2 Å². The SMILES string of the molecule is CCOc1ccc(Cl)cc1NC(=O)C(CN)OC. The molecule has 0 spiro atoms. The summed E-state index contributed by atoms with van der Waals surface area (Å²) in [4.78, 5) is 11.8. The quantitative estimate of drug-likeness (QED) is 0.826. The monoisotopic (exact) mass is 272 g/mol. The lowest BCUT2D eigenvalue weighted by molar-refractivity contribution is -0.125. The van der Waals surface area contributed by atoms with E-state index in [1.165, 1.54) is 7.11 Å². The molecule has 1 amide bonds. The van der Waals surface area contributed by atoms with Crippen molar-refractivity contribution in [1.82, 2.24) is 0 Å². The fraction of sp³-hybridized carbons (Fsp3) is 0.417. The van der Waals surface area contributed by atoms with Gasteiger partial charge in [0.25, 0.3) is 5.91 Å². The molecular formula is C12H17ClN2O3. The fourth-order valence-corrected chi connectivity index (χ4v) is 1.58. The van der Waals surface area contributed by atoms with Crippen molar-refractivity contribution in [2.24, 2.45) is 5.73 Å². The molecule has 0 aromatic heterocycles. The number of nitrogens with one attached hydrogen (secondary N) is 1. The van der Waals surface area contributed by atoms with Crippen molar-refractivity contribution in [3.8, 4) is 5.75 Å². The number of rotatable bonds is 6. The van der Waals surface area contributed by atoms with Gasteiger partial charge in [0.2, 0.25) is 0 Å². The summed E-state index contributed by atoms with van der Waals surface area (Å²) in [7, 11) is 1.43. The first-order valence-electron chi connectivity index (χ1n) is 5.58. The highest BCUT2D eigenvalue weighted by molar-refractivity contribution is 6.31. The van der Waals surface area contributed by atoms with Gasteiger partial charge in [-0.1, -0.05) is 11.6 Å². The zero-order chi connectivity index (χ0) is 13.5. The van der Waals surface area contributed by atoms with E-state index in [0.29, 0.717) is 23.1 Å². The summed E-state index contributed by atoms with van der Waals surface area (Å²) >= 11 is 5.88. The van der Waals surface area contributed by atoms with Crippen LogP contribution in [0.15, 0.2) is 18.2 Å². The van der Waals surface area contributed by atoms with Crippen LogP contribution in [0, 0.1) is 0 Å². The number of anilines is 1. The normalized spacial score (nSPS) is 12.0. The summed E-state index contributed by atoms with van der Waals surface area (Å²) in [6, 6.07) is 5.01. The Hall–Kier alpha value is -1.30. The van der Waals surface area contributed by atoms with Gasteiger partial charge < -0.3 is 20.5 Å². The van der Waals surface area contributed by atoms with Gasteiger partial charge in [-0.2, -0.15) is 0 Å². The lowest BCUT2D eigenvalue weighted by atomic mass is 10.2. The summed E-state index contributed by atoms with van der Waals surface area (Å²) in [5.41, 5.74) is 5.93. The van der Waals surface area contributed by atoms with Gasteiger partial charge in [0.15, 0.2) is 0 Å². The number of methoxy groups -OCH3 is 1. The van der Waals surface area contributed by atoms with Crippen molar-refractivity contribution in [3.05, 3.63) is 23.2 Å². The Bertz CT molecular complexity index is 408. The van der Waals surface area contributed by atoms with E-state index in [0.717, 1.165) is 0 Å². The second-order valence-electron chi connectivity index (χ2n) is 3.52. The van der Waals surface area contributed by atoms with Gasteiger partial charge >= 0.3 is 0 Å². The highest BCUT2D eigenvalue weighted by Crippen LogP contribution is 2.28. The van der Waals surface area contributed by atoms with Crippen LogP contribution in [0.3, 0.4) is 0 Å². The average Bonchev–Trinajstić information content (AvgIpc) is 2.34. The molecule has 5 nitrogen and oxygen atoms in total. The van der Waals surface area contributed by atoms with Crippen LogP contribution in [-0.2, 0) is 9.53 Å². The highest BCUT2D eigenvalue weighted by Gasteiger charge is 2.17. The van der Waals surface area contributed by atoms with Gasteiger partial charge in [-0.05, 0) is 25.1 Å². The van der Waals surface area contributed by atoms with Crippen LogP contribution in [0.25, 0.3) is 0 Å². The molecule has 0 bridgehead atoms. The number of carbonyl (C=O) groups is 1. The fourth-order valence-electron chi connectivity index (χ4n) is 1.40. The Balaban J connectivity index is 2.88. The van der Waals surface area contributed by atoms with Crippen LogP contribution in [-0.4, -0.2) is 32.3 Å². The molecule has 1 aromatic carbocycles. The van der Waals surface area contributed by atoms with E-state index in [-0.39, 0.29) is 12.5 Å². The molecular weight excluding hydrogens is 256 g/mol. The first-order chi connectivity index (χ1) is 8.62. The van der Waals surface area contributed by atoms with E-state index < -0.39 is 6.10 Å². The van der Waals surface area contributed by atoms with Crippen molar-refractivity contribution < 1.29 is 14.3 Å². The molecule has 0 fully saturated rings. The van der Waals surface area contributed by atoms with Gasteiger partial charge in [-0.25, -0.2) is 0 Å². The van der Waals surface area contributed by atoms with E-state index >= 15 is 0 Å². The maximum Gasteiger partial charge on any atom is 0.254 e. The third kappa shape index (κ3) is 3.87. The second-order valence-corrected chi connectivity index (χ2v) is 3.96. The first kappa shape index (κ1) is 14.8. The number of hydrogen-bond acceptors (Lipinski definition) is 4. The molecule has 0 heterocycles. The van der Waals surface area contributed by atoms with Crippen LogP contribution in [0.2, 0.25) is 5.02 Å². The van der Waals surface area contributed by atoms with Crippen molar-refractivity contribution in [1.29, 1.82) is 0 Å². The smallest absolute Gasteiger partial charge is 0.254 e. The van der Waals surface area contributed by atoms with E-state index in [2.05, 4.69) is 5.32 Å². The Morgan fingerprint density at radius 2 is 2.28 bits per heavy atom. The van der Waals surface area contributed by atoms with Gasteiger partial charge in [-0.3, -0.25) is 4.79 Å². The summed E-state index contributed by atoms with van der Waals surface area (Å²) in [6.07, 6.45) is -0.696. The topological polar surface area (TPSA) is 73.6 Å². The number of carbonyl (C=O) groups excluding carboxylic acids is 1. The van der Waals surface area contributed by atoms with Crippen LogP contribution >= 0.6 is 11.6 Å². The number of hydrogen-bond donors (Lipinski definition) is 2. The zero-order valence-electron chi connectivity index (χ0n) is 10.4. The van der Waals surface area contributed by atoms with E-state index in [9.17, 15) is 4.79 Å². The Morgan fingerprint density at radius 1 is 1.56 bits per heavy atom. The van der Waals surface area contributed by atoms with Crippen LogP contribution in [0.1, 0.15) is 6.92 Å². The minimum atomic E-state index is -0.696. The lowest BCUT2D eigenvalue weighted by Gasteiger charge is -2.15. The molecule has 1 aromatic rings. The highest BCUT2D eigenvalue weighted by atomic mass is 35.5. The molecule has 0 aliphatic carbocycles. The molecule has 18 heavy (non-hydrogen) atoms. The molecule has 0 saturated carbocycles. The van der Waals surface area contributed by atoms with Crippen LogP contribution < -0.4 is 15.8 Å². The largest absolute Gasteiger partial charge is 0.492 e.